The molecule has 19 heavy (non-hydrogen) atoms. The molecular weight excluding hydrogens is 305 g/mol. The van der Waals surface area contributed by atoms with Crippen molar-refractivity contribution < 1.29 is 4.79 Å². The first kappa shape index (κ1) is 14.2. The second-order valence-electron chi connectivity index (χ2n) is 3.81. The van der Waals surface area contributed by atoms with Crippen molar-refractivity contribution in [2.75, 3.05) is 0 Å². The molecular formula is C12H11Cl2N3OS. The summed E-state index contributed by atoms with van der Waals surface area (Å²) in [6.07, 6.45) is 2.47. The Morgan fingerprint density at radius 1 is 1.42 bits per heavy atom. The summed E-state index contributed by atoms with van der Waals surface area (Å²) in [7, 11) is 0. The Morgan fingerprint density at radius 2 is 2.11 bits per heavy atom. The normalized spacial score (nSPS) is 12.2. The Kier molecular flexibility index (Phi) is 4.74. The number of carbonyl (C=O) groups is 1. The van der Waals surface area contributed by atoms with E-state index < -0.39 is 0 Å². The number of carbonyl (C=O) groups excluding carboxylic acids is 1. The third kappa shape index (κ3) is 3.65. The summed E-state index contributed by atoms with van der Waals surface area (Å²) in [6.45, 7) is 1.98. The number of aromatic nitrogens is 2. The molecule has 1 unspecified atom stereocenters. The predicted molar refractivity (Wildman–Crippen MR) is 76.9 cm³/mol. The van der Waals surface area contributed by atoms with Crippen LogP contribution in [0.1, 0.15) is 34.8 Å². The predicted octanol–water partition coefficient (Wildman–Crippen LogP) is 3.73. The van der Waals surface area contributed by atoms with E-state index in [0.717, 1.165) is 11.4 Å². The number of rotatable bonds is 4. The van der Waals surface area contributed by atoms with Crippen LogP contribution in [0.25, 0.3) is 0 Å². The first-order valence-electron chi connectivity index (χ1n) is 5.63. The molecule has 1 amide bonds. The van der Waals surface area contributed by atoms with Crippen LogP contribution in [0, 0.1) is 0 Å². The lowest BCUT2D eigenvalue weighted by Crippen LogP contribution is -2.28. The van der Waals surface area contributed by atoms with Gasteiger partial charge in [0.1, 0.15) is 15.3 Å². The van der Waals surface area contributed by atoms with Crippen LogP contribution < -0.4 is 5.32 Å². The summed E-state index contributed by atoms with van der Waals surface area (Å²) in [5, 5.41) is 6.05. The van der Waals surface area contributed by atoms with Crippen LogP contribution in [0.3, 0.4) is 0 Å². The molecule has 0 fully saturated rings. The molecule has 0 radical (unpaired) electrons. The van der Waals surface area contributed by atoms with Gasteiger partial charge in [0.25, 0.3) is 5.91 Å². The number of nitrogens with zero attached hydrogens (tertiary/aromatic N) is 2. The molecule has 0 aromatic carbocycles. The van der Waals surface area contributed by atoms with E-state index in [-0.39, 0.29) is 22.3 Å². The number of halogens is 2. The standard InChI is InChI=1S/C12H11Cl2N3OS/c1-2-8(12-15-3-4-19-12)16-11(18)7-5-9(13)17-10(14)6-7/h3-6,8H,2H2,1H3,(H,16,18). The van der Waals surface area contributed by atoms with Crippen LogP contribution in [0.2, 0.25) is 10.3 Å². The van der Waals surface area contributed by atoms with Gasteiger partial charge in [0.15, 0.2) is 0 Å². The van der Waals surface area contributed by atoms with Gasteiger partial charge in [-0.15, -0.1) is 11.3 Å². The smallest absolute Gasteiger partial charge is 0.252 e. The fraction of sp³-hybridized carbons (Fsp3) is 0.250. The molecule has 2 heterocycles. The van der Waals surface area contributed by atoms with Gasteiger partial charge in [-0.05, 0) is 18.6 Å². The lowest BCUT2D eigenvalue weighted by atomic mass is 10.2. The van der Waals surface area contributed by atoms with E-state index in [0.29, 0.717) is 5.56 Å². The Bertz CT molecular complexity index is 554. The molecule has 0 aliphatic heterocycles. The van der Waals surface area contributed by atoms with Gasteiger partial charge in [0.05, 0.1) is 6.04 Å². The highest BCUT2D eigenvalue weighted by Crippen LogP contribution is 2.20. The summed E-state index contributed by atoms with van der Waals surface area (Å²) >= 11 is 13.1. The third-order valence-corrected chi connectivity index (χ3v) is 3.76. The highest BCUT2D eigenvalue weighted by atomic mass is 35.5. The summed E-state index contributed by atoms with van der Waals surface area (Å²) < 4.78 is 0. The molecule has 1 N–H and O–H groups in total. The molecule has 1 atom stereocenters. The van der Waals surface area contributed by atoms with E-state index >= 15 is 0 Å². The van der Waals surface area contributed by atoms with E-state index in [1.54, 1.807) is 6.20 Å². The van der Waals surface area contributed by atoms with E-state index in [2.05, 4.69) is 15.3 Å². The zero-order valence-electron chi connectivity index (χ0n) is 10.1. The molecule has 2 rings (SSSR count). The van der Waals surface area contributed by atoms with Crippen LogP contribution in [0.15, 0.2) is 23.7 Å². The molecule has 100 valence electrons. The van der Waals surface area contributed by atoms with Gasteiger partial charge in [0, 0.05) is 17.1 Å². The zero-order chi connectivity index (χ0) is 13.8. The van der Waals surface area contributed by atoms with E-state index in [4.69, 9.17) is 23.2 Å². The molecule has 0 bridgehead atoms. The maximum absolute atomic E-state index is 12.1. The van der Waals surface area contributed by atoms with Crippen LogP contribution in [-0.2, 0) is 0 Å². The molecule has 0 saturated carbocycles. The quantitative estimate of drug-likeness (QED) is 0.875. The second-order valence-corrected chi connectivity index (χ2v) is 5.51. The number of hydrogen-bond donors (Lipinski definition) is 1. The van der Waals surface area contributed by atoms with Crippen molar-refractivity contribution in [1.82, 2.24) is 15.3 Å². The molecule has 4 nitrogen and oxygen atoms in total. The third-order valence-electron chi connectivity index (χ3n) is 2.49. The van der Waals surface area contributed by atoms with Gasteiger partial charge >= 0.3 is 0 Å². The Hall–Kier alpha value is -1.17. The van der Waals surface area contributed by atoms with Gasteiger partial charge in [-0.1, -0.05) is 30.1 Å². The monoisotopic (exact) mass is 315 g/mol. The fourth-order valence-corrected chi connectivity index (χ4v) is 2.82. The average molecular weight is 316 g/mol. The Balaban J connectivity index is 2.15. The van der Waals surface area contributed by atoms with Gasteiger partial charge in [-0.2, -0.15) is 0 Å². The summed E-state index contributed by atoms with van der Waals surface area (Å²) in [6, 6.07) is 2.85. The van der Waals surface area contributed by atoms with Crippen molar-refractivity contribution in [2.24, 2.45) is 0 Å². The van der Waals surface area contributed by atoms with Gasteiger partial charge in [0.2, 0.25) is 0 Å². The summed E-state index contributed by atoms with van der Waals surface area (Å²) in [5.41, 5.74) is 0.389. The van der Waals surface area contributed by atoms with Crippen LogP contribution >= 0.6 is 34.5 Å². The maximum atomic E-state index is 12.1. The van der Waals surface area contributed by atoms with Crippen molar-refractivity contribution in [3.05, 3.63) is 44.6 Å². The minimum absolute atomic E-state index is 0.113. The van der Waals surface area contributed by atoms with E-state index in [9.17, 15) is 4.79 Å². The van der Waals surface area contributed by atoms with Crippen molar-refractivity contribution >= 4 is 40.4 Å². The first-order valence-corrected chi connectivity index (χ1v) is 7.27. The molecule has 0 aliphatic carbocycles. The average Bonchev–Trinajstić information content (AvgIpc) is 2.88. The molecule has 0 saturated heterocycles. The van der Waals surface area contributed by atoms with Crippen molar-refractivity contribution in [3.63, 3.8) is 0 Å². The van der Waals surface area contributed by atoms with Crippen LogP contribution in [-0.4, -0.2) is 15.9 Å². The van der Waals surface area contributed by atoms with Crippen molar-refractivity contribution in [1.29, 1.82) is 0 Å². The topological polar surface area (TPSA) is 54.9 Å². The lowest BCUT2D eigenvalue weighted by molar-refractivity contribution is 0.0935. The number of pyridine rings is 1. The minimum atomic E-state index is -0.242. The largest absolute Gasteiger partial charge is 0.343 e. The van der Waals surface area contributed by atoms with Gasteiger partial charge < -0.3 is 5.32 Å². The zero-order valence-corrected chi connectivity index (χ0v) is 12.4. The first-order chi connectivity index (χ1) is 9.10. The molecule has 0 aliphatic rings. The number of hydrogen-bond acceptors (Lipinski definition) is 4. The van der Waals surface area contributed by atoms with E-state index in [1.807, 2.05) is 12.3 Å². The highest BCUT2D eigenvalue weighted by molar-refractivity contribution is 7.09. The highest BCUT2D eigenvalue weighted by Gasteiger charge is 2.17. The maximum Gasteiger partial charge on any atom is 0.252 e. The van der Waals surface area contributed by atoms with Crippen molar-refractivity contribution in [2.45, 2.75) is 19.4 Å². The summed E-state index contributed by atoms with van der Waals surface area (Å²) in [4.78, 5) is 20.1. The minimum Gasteiger partial charge on any atom is -0.343 e. The van der Waals surface area contributed by atoms with Crippen molar-refractivity contribution in [3.8, 4) is 0 Å². The molecule has 7 heteroatoms. The van der Waals surface area contributed by atoms with Crippen LogP contribution in [0.5, 0.6) is 0 Å². The Labute approximate surface area is 124 Å². The molecule has 2 aromatic heterocycles. The molecule has 0 spiro atoms. The molecule has 2 aromatic rings. The second kappa shape index (κ2) is 6.32. The van der Waals surface area contributed by atoms with E-state index in [1.165, 1.54) is 23.5 Å². The fourth-order valence-electron chi connectivity index (χ4n) is 1.58. The number of nitrogens with one attached hydrogen (secondary N) is 1. The lowest BCUT2D eigenvalue weighted by Gasteiger charge is -2.14. The number of thiazole rings is 1. The summed E-state index contributed by atoms with van der Waals surface area (Å²) in [5.74, 6) is -0.242. The van der Waals surface area contributed by atoms with Gasteiger partial charge in [-0.3, -0.25) is 4.79 Å². The number of amides is 1. The Morgan fingerprint density at radius 3 is 2.63 bits per heavy atom. The SMILES string of the molecule is CCC(NC(=O)c1cc(Cl)nc(Cl)c1)c1nccs1. The van der Waals surface area contributed by atoms with Gasteiger partial charge in [-0.25, -0.2) is 9.97 Å². The van der Waals surface area contributed by atoms with Crippen LogP contribution in [0.4, 0.5) is 0 Å².